The molecule has 2 unspecified atom stereocenters. The Balaban J connectivity index is 2.83. The van der Waals surface area contributed by atoms with E-state index < -0.39 is 6.04 Å². The Bertz CT molecular complexity index is 543. The standard InChI is InChI=1S/C20H33N3O2/c1-14(2)13-18(24)22-19(16-9-7-6-8-10-16)20(25)23(5)12-11-17(21)15(3)4/h6-10,14-15,17,19H,11-13,21H2,1-5H3,(H,22,24). The number of amides is 2. The third kappa shape index (κ3) is 7.26. The topological polar surface area (TPSA) is 75.4 Å². The van der Waals surface area contributed by atoms with Crippen molar-refractivity contribution in [1.82, 2.24) is 10.2 Å². The van der Waals surface area contributed by atoms with Gasteiger partial charge in [0.15, 0.2) is 0 Å². The van der Waals surface area contributed by atoms with Gasteiger partial charge in [0, 0.05) is 26.1 Å². The summed E-state index contributed by atoms with van der Waals surface area (Å²) in [6, 6.07) is 8.77. The van der Waals surface area contributed by atoms with E-state index in [0.717, 1.165) is 12.0 Å². The van der Waals surface area contributed by atoms with Gasteiger partial charge in [0.25, 0.3) is 0 Å². The van der Waals surface area contributed by atoms with Crippen molar-refractivity contribution in [3.05, 3.63) is 35.9 Å². The Morgan fingerprint density at radius 3 is 2.24 bits per heavy atom. The molecule has 0 bridgehead atoms. The number of nitrogens with one attached hydrogen (secondary N) is 1. The Morgan fingerprint density at radius 2 is 1.72 bits per heavy atom. The van der Waals surface area contributed by atoms with Crippen molar-refractivity contribution in [3.8, 4) is 0 Å². The van der Waals surface area contributed by atoms with E-state index in [4.69, 9.17) is 5.73 Å². The number of rotatable bonds is 9. The summed E-state index contributed by atoms with van der Waals surface area (Å²) in [4.78, 5) is 26.8. The molecule has 1 rings (SSSR count). The zero-order valence-corrected chi connectivity index (χ0v) is 16.2. The van der Waals surface area contributed by atoms with E-state index >= 15 is 0 Å². The lowest BCUT2D eigenvalue weighted by atomic mass is 10.0. The highest BCUT2D eigenvalue weighted by Gasteiger charge is 2.26. The minimum Gasteiger partial charge on any atom is -0.344 e. The first-order chi connectivity index (χ1) is 11.7. The van der Waals surface area contributed by atoms with Gasteiger partial charge in [0.1, 0.15) is 6.04 Å². The van der Waals surface area contributed by atoms with E-state index in [2.05, 4.69) is 19.2 Å². The molecule has 0 radical (unpaired) electrons. The van der Waals surface area contributed by atoms with Crippen LogP contribution in [0.3, 0.4) is 0 Å². The van der Waals surface area contributed by atoms with E-state index in [-0.39, 0.29) is 23.8 Å². The summed E-state index contributed by atoms with van der Waals surface area (Å²) in [5.74, 6) is 0.399. The summed E-state index contributed by atoms with van der Waals surface area (Å²) in [5.41, 5.74) is 6.88. The molecule has 0 heterocycles. The summed E-state index contributed by atoms with van der Waals surface area (Å²) in [6.45, 7) is 8.69. The molecule has 1 aromatic carbocycles. The Kier molecular flexibility index (Phi) is 8.62. The van der Waals surface area contributed by atoms with Gasteiger partial charge < -0.3 is 16.0 Å². The van der Waals surface area contributed by atoms with E-state index in [1.807, 2.05) is 44.2 Å². The van der Waals surface area contributed by atoms with Crippen LogP contribution >= 0.6 is 0 Å². The van der Waals surface area contributed by atoms with Crippen molar-refractivity contribution < 1.29 is 9.59 Å². The van der Waals surface area contributed by atoms with Crippen LogP contribution in [-0.2, 0) is 9.59 Å². The number of likely N-dealkylation sites (N-methyl/N-ethyl adjacent to an activating group) is 1. The maximum absolute atomic E-state index is 12.9. The van der Waals surface area contributed by atoms with Gasteiger partial charge in [-0.05, 0) is 23.8 Å². The first kappa shape index (κ1) is 21.2. The number of nitrogens with two attached hydrogens (primary N) is 1. The van der Waals surface area contributed by atoms with Gasteiger partial charge in [-0.2, -0.15) is 0 Å². The van der Waals surface area contributed by atoms with E-state index in [1.165, 1.54) is 0 Å². The van der Waals surface area contributed by atoms with Gasteiger partial charge in [0.2, 0.25) is 11.8 Å². The average Bonchev–Trinajstić information content (AvgIpc) is 2.56. The van der Waals surface area contributed by atoms with Crippen LogP contribution < -0.4 is 11.1 Å². The third-order valence-electron chi connectivity index (χ3n) is 4.31. The van der Waals surface area contributed by atoms with E-state index in [0.29, 0.717) is 18.9 Å². The molecule has 0 saturated carbocycles. The fourth-order valence-corrected chi connectivity index (χ4v) is 2.53. The second-order valence-electron chi connectivity index (χ2n) is 7.47. The number of benzene rings is 1. The van der Waals surface area contributed by atoms with Gasteiger partial charge >= 0.3 is 0 Å². The third-order valence-corrected chi connectivity index (χ3v) is 4.31. The molecule has 25 heavy (non-hydrogen) atoms. The van der Waals surface area contributed by atoms with Gasteiger partial charge in [-0.1, -0.05) is 58.0 Å². The number of carbonyl (C=O) groups is 2. The first-order valence-corrected chi connectivity index (χ1v) is 9.07. The lowest BCUT2D eigenvalue weighted by molar-refractivity contribution is -0.135. The normalized spacial score (nSPS) is 13.6. The first-order valence-electron chi connectivity index (χ1n) is 9.07. The van der Waals surface area contributed by atoms with Gasteiger partial charge in [0.05, 0.1) is 0 Å². The Morgan fingerprint density at radius 1 is 1.12 bits per heavy atom. The van der Waals surface area contributed by atoms with Crippen LogP contribution in [0, 0.1) is 11.8 Å². The summed E-state index contributed by atoms with van der Waals surface area (Å²) < 4.78 is 0. The second kappa shape index (κ2) is 10.2. The van der Waals surface area contributed by atoms with E-state index in [9.17, 15) is 9.59 Å². The lowest BCUT2D eigenvalue weighted by Crippen LogP contribution is -2.43. The Labute approximate surface area is 152 Å². The fourth-order valence-electron chi connectivity index (χ4n) is 2.53. The van der Waals surface area contributed by atoms with Crippen LogP contribution in [-0.4, -0.2) is 36.3 Å². The number of carbonyl (C=O) groups excluding carboxylic acids is 2. The highest BCUT2D eigenvalue weighted by molar-refractivity contribution is 5.88. The molecule has 2 atom stereocenters. The molecule has 5 heteroatoms. The van der Waals surface area contributed by atoms with Crippen molar-refractivity contribution in [2.24, 2.45) is 17.6 Å². The summed E-state index contributed by atoms with van der Waals surface area (Å²) in [5, 5.41) is 2.89. The molecule has 140 valence electrons. The predicted octanol–water partition coefficient (Wildman–Crippen LogP) is 2.72. The molecule has 0 saturated heterocycles. The molecule has 5 nitrogen and oxygen atoms in total. The van der Waals surface area contributed by atoms with Crippen LogP contribution in [0.5, 0.6) is 0 Å². The van der Waals surface area contributed by atoms with Crippen LogP contribution in [0.2, 0.25) is 0 Å². The van der Waals surface area contributed by atoms with Crippen molar-refractivity contribution in [1.29, 1.82) is 0 Å². The molecule has 0 aliphatic rings. The summed E-state index contributed by atoms with van der Waals surface area (Å²) in [7, 11) is 1.76. The predicted molar refractivity (Wildman–Crippen MR) is 102 cm³/mol. The van der Waals surface area contributed by atoms with Crippen molar-refractivity contribution in [3.63, 3.8) is 0 Å². The molecule has 2 amide bonds. The highest BCUT2D eigenvalue weighted by atomic mass is 16.2. The van der Waals surface area contributed by atoms with Gasteiger partial charge in [-0.15, -0.1) is 0 Å². The van der Waals surface area contributed by atoms with Crippen molar-refractivity contribution >= 4 is 11.8 Å². The maximum atomic E-state index is 12.9. The van der Waals surface area contributed by atoms with Crippen molar-refractivity contribution in [2.45, 2.75) is 52.6 Å². The van der Waals surface area contributed by atoms with Crippen molar-refractivity contribution in [2.75, 3.05) is 13.6 Å². The minimum absolute atomic E-state index is 0.0564. The number of nitrogens with zero attached hydrogens (tertiary/aromatic N) is 1. The summed E-state index contributed by atoms with van der Waals surface area (Å²) >= 11 is 0. The van der Waals surface area contributed by atoms with Crippen LogP contribution in [0.1, 0.15) is 52.1 Å². The Hall–Kier alpha value is -1.88. The molecular weight excluding hydrogens is 314 g/mol. The van der Waals surface area contributed by atoms with E-state index in [1.54, 1.807) is 11.9 Å². The molecular formula is C20H33N3O2. The smallest absolute Gasteiger partial charge is 0.249 e. The number of hydrogen-bond acceptors (Lipinski definition) is 3. The summed E-state index contributed by atoms with van der Waals surface area (Å²) in [6.07, 6.45) is 1.14. The zero-order chi connectivity index (χ0) is 19.0. The van der Waals surface area contributed by atoms with Crippen LogP contribution in [0.4, 0.5) is 0 Å². The molecule has 0 spiro atoms. The molecule has 0 aromatic heterocycles. The van der Waals surface area contributed by atoms with Crippen LogP contribution in [0.25, 0.3) is 0 Å². The highest BCUT2D eigenvalue weighted by Crippen LogP contribution is 2.17. The molecule has 0 aliphatic carbocycles. The largest absolute Gasteiger partial charge is 0.344 e. The lowest BCUT2D eigenvalue weighted by Gasteiger charge is -2.27. The number of hydrogen-bond donors (Lipinski definition) is 2. The van der Waals surface area contributed by atoms with Gasteiger partial charge in [-0.3, -0.25) is 9.59 Å². The molecule has 3 N–H and O–H groups in total. The van der Waals surface area contributed by atoms with Crippen LogP contribution in [0.15, 0.2) is 30.3 Å². The average molecular weight is 348 g/mol. The maximum Gasteiger partial charge on any atom is 0.249 e. The minimum atomic E-state index is -0.660. The second-order valence-corrected chi connectivity index (χ2v) is 7.47. The molecule has 1 aromatic rings. The molecule has 0 aliphatic heterocycles. The fraction of sp³-hybridized carbons (Fsp3) is 0.600. The van der Waals surface area contributed by atoms with Gasteiger partial charge in [-0.25, -0.2) is 0 Å². The quantitative estimate of drug-likeness (QED) is 0.721. The zero-order valence-electron chi connectivity index (χ0n) is 16.2. The SMILES string of the molecule is CC(C)CC(=O)NC(C(=O)N(C)CCC(N)C(C)C)c1ccccc1. The monoisotopic (exact) mass is 347 g/mol. The molecule has 0 fully saturated rings.